The summed E-state index contributed by atoms with van der Waals surface area (Å²) in [5, 5.41) is 5.67. The van der Waals surface area contributed by atoms with Crippen molar-refractivity contribution in [2.24, 2.45) is 0 Å². The number of para-hydroxylation sites is 1. The lowest BCUT2D eigenvalue weighted by Gasteiger charge is -2.17. The van der Waals surface area contributed by atoms with Gasteiger partial charge < -0.3 is 19.5 Å². The van der Waals surface area contributed by atoms with Crippen molar-refractivity contribution in [2.75, 3.05) is 11.9 Å². The van der Waals surface area contributed by atoms with Gasteiger partial charge in [0.25, 0.3) is 5.91 Å². The van der Waals surface area contributed by atoms with Crippen LogP contribution in [0.25, 0.3) is 6.08 Å². The van der Waals surface area contributed by atoms with Gasteiger partial charge in [-0.25, -0.2) is 9.78 Å². The molecule has 0 spiro atoms. The largest absolute Gasteiger partial charge is 0.511 e. The quantitative estimate of drug-likeness (QED) is 0.237. The zero-order valence-corrected chi connectivity index (χ0v) is 20.4. The summed E-state index contributed by atoms with van der Waals surface area (Å²) in [7, 11) is 0. The summed E-state index contributed by atoms with van der Waals surface area (Å²) in [6, 6.07) is 9.59. The zero-order chi connectivity index (χ0) is 24.0. The molecule has 2 aromatic rings. The van der Waals surface area contributed by atoms with E-state index >= 15 is 0 Å². The molecule has 1 aromatic carbocycles. The van der Waals surface area contributed by atoms with Crippen LogP contribution in [0.5, 0.6) is 0 Å². The van der Waals surface area contributed by atoms with Crippen LogP contribution >= 0.6 is 35.3 Å². The number of thiazole rings is 1. The van der Waals surface area contributed by atoms with Gasteiger partial charge in [0, 0.05) is 18.0 Å². The number of rotatable bonds is 8. The van der Waals surface area contributed by atoms with Crippen LogP contribution in [-0.4, -0.2) is 51.2 Å². The number of anilines is 2. The van der Waals surface area contributed by atoms with Gasteiger partial charge >= 0.3 is 12.1 Å². The topological polar surface area (TPSA) is 107 Å². The molecule has 174 valence electrons. The van der Waals surface area contributed by atoms with E-state index in [1.165, 1.54) is 18.3 Å². The molecule has 0 saturated carbocycles. The number of amides is 1. The fourth-order valence-electron chi connectivity index (χ4n) is 2.56. The molecule has 33 heavy (non-hydrogen) atoms. The Morgan fingerprint density at radius 2 is 1.91 bits per heavy atom. The summed E-state index contributed by atoms with van der Waals surface area (Å²) in [5.41, 5.74) is 1.49. The van der Waals surface area contributed by atoms with Crippen molar-refractivity contribution in [3.05, 3.63) is 46.3 Å². The number of benzene rings is 1. The third-order valence-electron chi connectivity index (χ3n) is 3.88. The first-order chi connectivity index (χ1) is 15.7. The molecule has 1 amide bonds. The van der Waals surface area contributed by atoms with Gasteiger partial charge in [-0.05, 0) is 32.1 Å². The Bertz CT molecular complexity index is 1070. The van der Waals surface area contributed by atoms with Gasteiger partial charge in [-0.2, -0.15) is 0 Å². The first kappa shape index (κ1) is 24.7. The standard InChI is InChI=1S/C21H21N3O6S3/c1-12(2)28-21(27)30-13(3)29-17(25)10-24-18(26)16(33-20(24)31)9-15-11-32-19(23-15)22-14-7-5-4-6-8-14/h4-9,11-13H,10H2,1-3H3,(H,22,23). The van der Waals surface area contributed by atoms with Crippen molar-refractivity contribution in [1.29, 1.82) is 0 Å². The summed E-state index contributed by atoms with van der Waals surface area (Å²) in [5.74, 6) is -1.21. The first-order valence-corrected chi connectivity index (χ1v) is 11.9. The minimum Gasteiger partial charge on any atom is -0.431 e. The van der Waals surface area contributed by atoms with E-state index in [0.717, 1.165) is 22.3 Å². The molecule has 1 fully saturated rings. The predicted molar refractivity (Wildman–Crippen MR) is 130 cm³/mol. The van der Waals surface area contributed by atoms with E-state index in [4.69, 9.17) is 26.4 Å². The van der Waals surface area contributed by atoms with Crippen molar-refractivity contribution in [3.63, 3.8) is 0 Å². The molecular formula is C21H21N3O6S3. The Kier molecular flexibility index (Phi) is 8.42. The summed E-state index contributed by atoms with van der Waals surface area (Å²) >= 11 is 7.70. The SMILES string of the molecule is CC(C)OC(=O)OC(C)OC(=O)CN1C(=O)C(=Cc2csc(Nc3ccccc3)n2)SC1=S. The highest BCUT2D eigenvalue weighted by atomic mass is 32.2. The number of thioether (sulfide) groups is 1. The second-order valence-electron chi connectivity index (χ2n) is 6.93. The maximum atomic E-state index is 12.7. The molecule has 1 saturated heterocycles. The molecule has 1 atom stereocenters. The molecule has 0 bridgehead atoms. The third kappa shape index (κ3) is 7.27. The van der Waals surface area contributed by atoms with E-state index in [0.29, 0.717) is 15.7 Å². The fourth-order valence-corrected chi connectivity index (χ4v) is 4.48. The smallest absolute Gasteiger partial charge is 0.431 e. The van der Waals surface area contributed by atoms with Crippen molar-refractivity contribution in [2.45, 2.75) is 33.2 Å². The normalized spacial score (nSPS) is 15.6. The Balaban J connectivity index is 1.56. The third-order valence-corrected chi connectivity index (χ3v) is 6.03. The van der Waals surface area contributed by atoms with Crippen LogP contribution in [0.3, 0.4) is 0 Å². The molecule has 1 unspecified atom stereocenters. The van der Waals surface area contributed by atoms with E-state index in [2.05, 4.69) is 10.3 Å². The van der Waals surface area contributed by atoms with Gasteiger partial charge in [-0.1, -0.05) is 42.2 Å². The molecule has 1 aliphatic heterocycles. The molecule has 12 heteroatoms. The lowest BCUT2D eigenvalue weighted by Crippen LogP contribution is -2.36. The maximum absolute atomic E-state index is 12.7. The van der Waals surface area contributed by atoms with Gasteiger partial charge in [-0.3, -0.25) is 14.5 Å². The number of nitrogens with zero attached hydrogens (tertiary/aromatic N) is 2. The van der Waals surface area contributed by atoms with Crippen LogP contribution in [0.1, 0.15) is 26.5 Å². The molecular weight excluding hydrogens is 486 g/mol. The van der Waals surface area contributed by atoms with Crippen LogP contribution in [0.15, 0.2) is 40.6 Å². The Morgan fingerprint density at radius 3 is 2.61 bits per heavy atom. The van der Waals surface area contributed by atoms with E-state index in [-0.39, 0.29) is 10.4 Å². The first-order valence-electron chi connectivity index (χ1n) is 9.81. The molecule has 9 nitrogen and oxygen atoms in total. The Morgan fingerprint density at radius 1 is 1.18 bits per heavy atom. The Hall–Kier alpha value is -2.96. The number of carbonyl (C=O) groups is 3. The fraction of sp³-hybridized carbons (Fsp3) is 0.286. The molecule has 1 aliphatic rings. The summed E-state index contributed by atoms with van der Waals surface area (Å²) in [6.07, 6.45) is -0.887. The number of ether oxygens (including phenoxy) is 3. The second kappa shape index (κ2) is 11.3. The van der Waals surface area contributed by atoms with Crippen LogP contribution < -0.4 is 5.32 Å². The lowest BCUT2D eigenvalue weighted by molar-refractivity contribution is -0.169. The second-order valence-corrected chi connectivity index (χ2v) is 9.46. The van der Waals surface area contributed by atoms with Crippen molar-refractivity contribution in [3.8, 4) is 0 Å². The Labute approximate surface area is 204 Å². The average molecular weight is 508 g/mol. The van der Waals surface area contributed by atoms with Gasteiger partial charge in [0.1, 0.15) is 10.9 Å². The summed E-state index contributed by atoms with van der Waals surface area (Å²) in [4.78, 5) is 42.3. The van der Waals surface area contributed by atoms with E-state index < -0.39 is 30.9 Å². The van der Waals surface area contributed by atoms with Gasteiger partial charge in [0.15, 0.2) is 5.13 Å². The highest BCUT2D eigenvalue weighted by Crippen LogP contribution is 2.33. The molecule has 0 aliphatic carbocycles. The van der Waals surface area contributed by atoms with Crippen molar-refractivity contribution >= 4 is 74.6 Å². The summed E-state index contributed by atoms with van der Waals surface area (Å²) in [6.45, 7) is 4.28. The number of thiocarbonyl (C=S) groups is 1. The van der Waals surface area contributed by atoms with Gasteiger partial charge in [-0.15, -0.1) is 11.3 Å². The molecule has 1 aromatic heterocycles. The van der Waals surface area contributed by atoms with E-state index in [1.807, 2.05) is 30.3 Å². The molecule has 2 heterocycles. The minimum absolute atomic E-state index is 0.217. The number of aromatic nitrogens is 1. The van der Waals surface area contributed by atoms with E-state index in [9.17, 15) is 14.4 Å². The zero-order valence-electron chi connectivity index (χ0n) is 18.0. The van der Waals surface area contributed by atoms with Crippen LogP contribution in [0.4, 0.5) is 15.6 Å². The lowest BCUT2D eigenvalue weighted by atomic mass is 10.3. The van der Waals surface area contributed by atoms with E-state index in [1.54, 1.807) is 25.3 Å². The van der Waals surface area contributed by atoms with Crippen molar-refractivity contribution in [1.82, 2.24) is 9.88 Å². The van der Waals surface area contributed by atoms with Crippen LogP contribution in [0, 0.1) is 0 Å². The van der Waals surface area contributed by atoms with Crippen LogP contribution in [0.2, 0.25) is 0 Å². The number of hydrogen-bond acceptors (Lipinski definition) is 11. The van der Waals surface area contributed by atoms with Crippen molar-refractivity contribution < 1.29 is 28.6 Å². The monoisotopic (exact) mass is 507 g/mol. The molecule has 1 N–H and O–H groups in total. The predicted octanol–water partition coefficient (Wildman–Crippen LogP) is 4.54. The summed E-state index contributed by atoms with van der Waals surface area (Å²) < 4.78 is 14.9. The van der Waals surface area contributed by atoms with Gasteiger partial charge in [0.05, 0.1) is 16.7 Å². The van der Waals surface area contributed by atoms with Gasteiger partial charge in [0.2, 0.25) is 6.29 Å². The molecule has 0 radical (unpaired) electrons. The number of carbonyl (C=O) groups excluding carboxylic acids is 3. The average Bonchev–Trinajstić information content (AvgIpc) is 3.27. The minimum atomic E-state index is -1.18. The maximum Gasteiger partial charge on any atom is 0.511 e. The highest BCUT2D eigenvalue weighted by molar-refractivity contribution is 8.26. The number of esters is 1. The number of nitrogens with one attached hydrogen (secondary N) is 1. The van der Waals surface area contributed by atoms with Crippen LogP contribution in [-0.2, 0) is 23.8 Å². The highest BCUT2D eigenvalue weighted by Gasteiger charge is 2.34. The molecule has 3 rings (SSSR count). The number of hydrogen-bond donors (Lipinski definition) is 1.